The second-order valence-corrected chi connectivity index (χ2v) is 5.00. The van der Waals surface area contributed by atoms with Crippen LogP contribution >= 0.6 is 0 Å². The first-order valence-corrected chi connectivity index (χ1v) is 7.29. The summed E-state index contributed by atoms with van der Waals surface area (Å²) >= 11 is 0. The third kappa shape index (κ3) is 4.15. The Hall–Kier alpha value is -1.66. The van der Waals surface area contributed by atoms with Crippen LogP contribution in [-0.2, 0) is 9.47 Å². The Morgan fingerprint density at radius 1 is 1.43 bits per heavy atom. The van der Waals surface area contributed by atoms with Gasteiger partial charge >= 0.3 is 0 Å². The van der Waals surface area contributed by atoms with Crippen LogP contribution in [0.1, 0.15) is 23.2 Å². The summed E-state index contributed by atoms with van der Waals surface area (Å²) < 4.78 is 10.7. The van der Waals surface area contributed by atoms with E-state index >= 15 is 0 Å². The summed E-state index contributed by atoms with van der Waals surface area (Å²) in [5.41, 5.74) is 0.624. The van der Waals surface area contributed by atoms with Gasteiger partial charge in [0.1, 0.15) is 5.82 Å². The number of aromatic nitrogens is 1. The first kappa shape index (κ1) is 15.7. The molecule has 0 radical (unpaired) electrons. The molecule has 6 nitrogen and oxygen atoms in total. The number of nitrogens with zero attached hydrogens (tertiary/aromatic N) is 2. The fourth-order valence-electron chi connectivity index (χ4n) is 2.49. The summed E-state index contributed by atoms with van der Waals surface area (Å²) in [6, 6.07) is 3.59. The average molecular weight is 293 g/mol. The minimum absolute atomic E-state index is 0.100. The van der Waals surface area contributed by atoms with Gasteiger partial charge < -0.3 is 19.7 Å². The second-order valence-electron chi connectivity index (χ2n) is 5.00. The van der Waals surface area contributed by atoms with Gasteiger partial charge in [0.15, 0.2) is 0 Å². The quantitative estimate of drug-likeness (QED) is 0.795. The van der Waals surface area contributed by atoms with Crippen molar-refractivity contribution >= 4 is 11.7 Å². The maximum Gasteiger partial charge on any atom is 0.254 e. The summed E-state index contributed by atoms with van der Waals surface area (Å²) in [4.78, 5) is 18.4. The van der Waals surface area contributed by atoms with Crippen LogP contribution in [-0.4, -0.2) is 57.5 Å². The van der Waals surface area contributed by atoms with Crippen molar-refractivity contribution in [2.45, 2.75) is 18.9 Å². The highest BCUT2D eigenvalue weighted by Crippen LogP contribution is 2.22. The van der Waals surface area contributed by atoms with E-state index in [1.54, 1.807) is 26.4 Å². The van der Waals surface area contributed by atoms with E-state index < -0.39 is 0 Å². The number of amides is 1. The SMILES string of the molecule is CNC(=O)c1cccnc1N1CCC(OCCOC)CC1. The van der Waals surface area contributed by atoms with E-state index in [4.69, 9.17) is 9.47 Å². The molecule has 0 atom stereocenters. The molecule has 0 saturated carbocycles. The van der Waals surface area contributed by atoms with Crippen molar-refractivity contribution in [3.63, 3.8) is 0 Å². The first-order chi connectivity index (χ1) is 10.3. The molecule has 0 aliphatic carbocycles. The Morgan fingerprint density at radius 3 is 2.86 bits per heavy atom. The van der Waals surface area contributed by atoms with Crippen molar-refractivity contribution in [1.29, 1.82) is 0 Å². The number of carbonyl (C=O) groups excluding carboxylic acids is 1. The normalized spacial score (nSPS) is 16.0. The smallest absolute Gasteiger partial charge is 0.254 e. The molecular weight excluding hydrogens is 270 g/mol. The summed E-state index contributed by atoms with van der Waals surface area (Å²) in [5, 5.41) is 2.66. The van der Waals surface area contributed by atoms with Crippen LogP contribution in [0.25, 0.3) is 0 Å². The molecule has 0 aromatic carbocycles. The number of piperidine rings is 1. The van der Waals surface area contributed by atoms with Gasteiger partial charge in [-0.15, -0.1) is 0 Å². The van der Waals surface area contributed by atoms with Gasteiger partial charge in [-0.2, -0.15) is 0 Å². The van der Waals surface area contributed by atoms with E-state index in [0.29, 0.717) is 18.8 Å². The molecule has 0 spiro atoms. The fourth-order valence-corrected chi connectivity index (χ4v) is 2.49. The molecule has 21 heavy (non-hydrogen) atoms. The number of hydrogen-bond donors (Lipinski definition) is 1. The number of ether oxygens (including phenoxy) is 2. The third-order valence-electron chi connectivity index (χ3n) is 3.64. The van der Waals surface area contributed by atoms with E-state index in [1.807, 2.05) is 6.07 Å². The van der Waals surface area contributed by atoms with Crippen LogP contribution in [0.3, 0.4) is 0 Å². The molecule has 1 saturated heterocycles. The average Bonchev–Trinajstić information content (AvgIpc) is 2.55. The molecule has 6 heteroatoms. The highest BCUT2D eigenvalue weighted by atomic mass is 16.5. The van der Waals surface area contributed by atoms with Crippen LogP contribution in [0, 0.1) is 0 Å². The molecule has 1 aliphatic rings. The number of carbonyl (C=O) groups is 1. The lowest BCUT2D eigenvalue weighted by Crippen LogP contribution is -2.39. The second kappa shape index (κ2) is 7.95. The van der Waals surface area contributed by atoms with Crippen molar-refractivity contribution in [2.75, 3.05) is 45.4 Å². The summed E-state index contributed by atoms with van der Waals surface area (Å²) in [5.74, 6) is 0.656. The lowest BCUT2D eigenvalue weighted by molar-refractivity contribution is 0.00604. The Kier molecular flexibility index (Phi) is 5.95. The number of methoxy groups -OCH3 is 1. The Morgan fingerprint density at radius 2 is 2.19 bits per heavy atom. The number of nitrogens with one attached hydrogen (secondary N) is 1. The third-order valence-corrected chi connectivity index (χ3v) is 3.64. The summed E-state index contributed by atoms with van der Waals surface area (Å²) in [7, 11) is 3.31. The van der Waals surface area contributed by atoms with E-state index in [1.165, 1.54) is 0 Å². The zero-order valence-electron chi connectivity index (χ0n) is 12.7. The van der Waals surface area contributed by atoms with Crippen molar-refractivity contribution in [3.05, 3.63) is 23.9 Å². The van der Waals surface area contributed by atoms with Gasteiger partial charge in [0.2, 0.25) is 0 Å². The molecule has 2 rings (SSSR count). The maximum absolute atomic E-state index is 11.9. The molecule has 2 heterocycles. The first-order valence-electron chi connectivity index (χ1n) is 7.29. The fraction of sp³-hybridized carbons (Fsp3) is 0.600. The van der Waals surface area contributed by atoms with Crippen LogP contribution in [0.15, 0.2) is 18.3 Å². The van der Waals surface area contributed by atoms with Gasteiger partial charge in [-0.1, -0.05) is 0 Å². The van der Waals surface area contributed by atoms with E-state index in [0.717, 1.165) is 31.7 Å². The number of pyridine rings is 1. The van der Waals surface area contributed by atoms with Crippen molar-refractivity contribution in [2.24, 2.45) is 0 Å². The highest BCUT2D eigenvalue weighted by molar-refractivity contribution is 5.98. The zero-order chi connectivity index (χ0) is 15.1. The van der Waals surface area contributed by atoms with E-state index in [-0.39, 0.29) is 12.0 Å². The van der Waals surface area contributed by atoms with Gasteiger partial charge in [-0.25, -0.2) is 4.98 Å². The van der Waals surface area contributed by atoms with Crippen molar-refractivity contribution in [3.8, 4) is 0 Å². The Labute approximate surface area is 125 Å². The molecular formula is C15H23N3O3. The molecule has 1 aromatic heterocycles. The molecule has 1 aromatic rings. The van der Waals surface area contributed by atoms with Gasteiger partial charge in [0.05, 0.1) is 24.9 Å². The van der Waals surface area contributed by atoms with Crippen LogP contribution in [0.2, 0.25) is 0 Å². The largest absolute Gasteiger partial charge is 0.382 e. The van der Waals surface area contributed by atoms with Crippen molar-refractivity contribution < 1.29 is 14.3 Å². The molecule has 1 amide bonds. The van der Waals surface area contributed by atoms with Crippen molar-refractivity contribution in [1.82, 2.24) is 10.3 Å². The van der Waals surface area contributed by atoms with Gasteiger partial charge in [-0.3, -0.25) is 4.79 Å². The molecule has 1 N–H and O–H groups in total. The Bertz CT molecular complexity index is 459. The number of hydrogen-bond acceptors (Lipinski definition) is 5. The van der Waals surface area contributed by atoms with Gasteiger partial charge in [0.25, 0.3) is 5.91 Å². The van der Waals surface area contributed by atoms with Gasteiger partial charge in [0, 0.05) is 33.4 Å². The standard InChI is InChI=1S/C15H23N3O3/c1-16-15(19)13-4-3-7-17-14(13)18-8-5-12(6-9-18)21-11-10-20-2/h3-4,7,12H,5-6,8-11H2,1-2H3,(H,16,19). The predicted molar refractivity (Wildman–Crippen MR) is 80.7 cm³/mol. The number of rotatable bonds is 6. The Balaban J connectivity index is 1.95. The number of anilines is 1. The molecule has 1 fully saturated rings. The van der Waals surface area contributed by atoms with Crippen LogP contribution < -0.4 is 10.2 Å². The minimum Gasteiger partial charge on any atom is -0.382 e. The molecule has 1 aliphatic heterocycles. The lowest BCUT2D eigenvalue weighted by atomic mass is 10.1. The topological polar surface area (TPSA) is 63.7 Å². The predicted octanol–water partition coefficient (Wildman–Crippen LogP) is 1.07. The minimum atomic E-state index is -0.100. The van der Waals surface area contributed by atoms with Gasteiger partial charge in [-0.05, 0) is 25.0 Å². The lowest BCUT2D eigenvalue weighted by Gasteiger charge is -2.33. The summed E-state index contributed by atoms with van der Waals surface area (Å²) in [6.45, 7) is 2.95. The van der Waals surface area contributed by atoms with E-state index in [2.05, 4.69) is 15.2 Å². The molecule has 0 unspecified atom stereocenters. The maximum atomic E-state index is 11.9. The highest BCUT2D eigenvalue weighted by Gasteiger charge is 2.23. The summed E-state index contributed by atoms with van der Waals surface area (Å²) in [6.07, 6.45) is 3.87. The zero-order valence-corrected chi connectivity index (χ0v) is 12.7. The monoisotopic (exact) mass is 293 g/mol. The van der Waals surface area contributed by atoms with Crippen LogP contribution in [0.4, 0.5) is 5.82 Å². The molecule has 0 bridgehead atoms. The van der Waals surface area contributed by atoms with E-state index in [9.17, 15) is 4.79 Å². The molecule has 116 valence electrons. The van der Waals surface area contributed by atoms with Crippen LogP contribution in [0.5, 0.6) is 0 Å².